The van der Waals surface area contributed by atoms with Crippen LogP contribution >= 0.6 is 0 Å². The number of aromatic nitrogens is 2. The predicted octanol–water partition coefficient (Wildman–Crippen LogP) is 2.91. The summed E-state index contributed by atoms with van der Waals surface area (Å²) in [5.41, 5.74) is 4.18. The molecule has 0 fully saturated rings. The van der Waals surface area contributed by atoms with Gasteiger partial charge in [-0.2, -0.15) is 5.10 Å². The molecule has 94 valence electrons. The van der Waals surface area contributed by atoms with Gasteiger partial charge in [-0.15, -0.1) is 0 Å². The van der Waals surface area contributed by atoms with Crippen LogP contribution in [0.2, 0.25) is 0 Å². The highest BCUT2D eigenvalue weighted by atomic mass is 16.1. The van der Waals surface area contributed by atoms with Crippen molar-refractivity contribution in [3.05, 3.63) is 64.4 Å². The molecule has 0 N–H and O–H groups in total. The van der Waals surface area contributed by atoms with Crippen molar-refractivity contribution in [2.75, 3.05) is 0 Å². The summed E-state index contributed by atoms with van der Waals surface area (Å²) in [6.45, 7) is 2.06. The maximum Gasteiger partial charge on any atom is 0.207 e. The Morgan fingerprint density at radius 3 is 2.68 bits per heavy atom. The van der Waals surface area contributed by atoms with Gasteiger partial charge in [0.25, 0.3) is 0 Å². The molecule has 1 heterocycles. The summed E-state index contributed by atoms with van der Waals surface area (Å²) in [6, 6.07) is 14.0. The van der Waals surface area contributed by atoms with Crippen molar-refractivity contribution < 1.29 is 0 Å². The van der Waals surface area contributed by atoms with Crippen LogP contribution in [0.4, 0.5) is 0 Å². The van der Waals surface area contributed by atoms with Gasteiger partial charge in [0.2, 0.25) is 5.43 Å². The second-order valence-corrected chi connectivity index (χ2v) is 4.70. The van der Waals surface area contributed by atoms with E-state index in [1.165, 1.54) is 11.8 Å². The Morgan fingerprint density at radius 1 is 1.11 bits per heavy atom. The van der Waals surface area contributed by atoms with E-state index in [1.54, 1.807) is 4.68 Å². The van der Waals surface area contributed by atoms with Crippen LogP contribution in [0.3, 0.4) is 0 Å². The SMILES string of the molecule is Cc1cccc(-c2cccc3c(=O)cnn(C)c23)c1. The number of rotatable bonds is 1. The van der Waals surface area contributed by atoms with Gasteiger partial charge in [-0.3, -0.25) is 9.48 Å². The first-order valence-electron chi connectivity index (χ1n) is 6.19. The Hall–Kier alpha value is -2.42. The number of para-hydroxylation sites is 1. The maximum absolute atomic E-state index is 11.9. The van der Waals surface area contributed by atoms with Crippen molar-refractivity contribution >= 4 is 10.9 Å². The van der Waals surface area contributed by atoms with Gasteiger partial charge in [-0.1, -0.05) is 42.0 Å². The molecule has 0 atom stereocenters. The molecule has 3 aromatic rings. The number of fused-ring (bicyclic) bond motifs is 1. The number of benzene rings is 2. The molecule has 0 bridgehead atoms. The fourth-order valence-corrected chi connectivity index (χ4v) is 2.40. The molecule has 2 aromatic carbocycles. The summed E-state index contributed by atoms with van der Waals surface area (Å²) in [5.74, 6) is 0. The van der Waals surface area contributed by atoms with Crippen LogP contribution in [0.5, 0.6) is 0 Å². The first-order valence-corrected chi connectivity index (χ1v) is 6.19. The first kappa shape index (κ1) is 11.7. The number of hydrogen-bond acceptors (Lipinski definition) is 2. The monoisotopic (exact) mass is 250 g/mol. The molecule has 0 unspecified atom stereocenters. The van der Waals surface area contributed by atoms with Gasteiger partial charge >= 0.3 is 0 Å². The van der Waals surface area contributed by atoms with Crippen molar-refractivity contribution in [1.82, 2.24) is 9.78 Å². The minimum atomic E-state index is -0.0393. The number of nitrogens with zero attached hydrogens (tertiary/aromatic N) is 2. The van der Waals surface area contributed by atoms with E-state index in [-0.39, 0.29) is 5.43 Å². The van der Waals surface area contributed by atoms with Crippen molar-refractivity contribution in [3.8, 4) is 11.1 Å². The van der Waals surface area contributed by atoms with Crippen LogP contribution in [0.15, 0.2) is 53.5 Å². The molecule has 1 aromatic heterocycles. The molecule has 3 nitrogen and oxygen atoms in total. The summed E-state index contributed by atoms with van der Waals surface area (Å²) in [6.07, 6.45) is 1.36. The van der Waals surface area contributed by atoms with E-state index in [9.17, 15) is 4.79 Å². The minimum Gasteiger partial charge on any atom is -0.287 e. The van der Waals surface area contributed by atoms with Gasteiger partial charge in [0, 0.05) is 18.0 Å². The van der Waals surface area contributed by atoms with E-state index in [2.05, 4.69) is 30.2 Å². The van der Waals surface area contributed by atoms with Gasteiger partial charge in [-0.05, 0) is 18.6 Å². The van der Waals surface area contributed by atoms with Gasteiger partial charge < -0.3 is 0 Å². The Balaban J connectivity index is 2.43. The van der Waals surface area contributed by atoms with Crippen molar-refractivity contribution in [3.63, 3.8) is 0 Å². The van der Waals surface area contributed by atoms with Gasteiger partial charge in [0.05, 0.1) is 11.7 Å². The maximum atomic E-state index is 11.9. The molecule has 0 saturated carbocycles. The summed E-state index contributed by atoms with van der Waals surface area (Å²) < 4.78 is 1.76. The molecule has 0 spiro atoms. The average molecular weight is 250 g/mol. The fourth-order valence-electron chi connectivity index (χ4n) is 2.40. The zero-order valence-electron chi connectivity index (χ0n) is 10.9. The van der Waals surface area contributed by atoms with E-state index in [1.807, 2.05) is 31.3 Å². The average Bonchev–Trinajstić information content (AvgIpc) is 2.42. The molecule has 0 aliphatic rings. The third-order valence-corrected chi connectivity index (χ3v) is 3.30. The smallest absolute Gasteiger partial charge is 0.207 e. The highest BCUT2D eigenvalue weighted by molar-refractivity contribution is 5.93. The van der Waals surface area contributed by atoms with Crippen molar-refractivity contribution in [2.24, 2.45) is 7.05 Å². The number of aryl methyl sites for hydroxylation is 2. The zero-order chi connectivity index (χ0) is 13.4. The van der Waals surface area contributed by atoms with Crippen LogP contribution in [0, 0.1) is 6.92 Å². The van der Waals surface area contributed by atoms with E-state index in [4.69, 9.17) is 0 Å². The standard InChI is InChI=1S/C16H14N2O/c1-11-5-3-6-12(9-11)13-7-4-8-14-15(19)10-17-18(2)16(13)14/h3-10H,1-2H3. The molecule has 3 rings (SSSR count). The van der Waals surface area contributed by atoms with Crippen molar-refractivity contribution in [1.29, 1.82) is 0 Å². The lowest BCUT2D eigenvalue weighted by Gasteiger charge is -2.10. The number of hydrogen-bond donors (Lipinski definition) is 0. The quantitative estimate of drug-likeness (QED) is 0.665. The molecule has 0 amide bonds. The lowest BCUT2D eigenvalue weighted by molar-refractivity contribution is 0.774. The Kier molecular flexibility index (Phi) is 2.67. The normalized spacial score (nSPS) is 10.8. The van der Waals surface area contributed by atoms with Crippen LogP contribution in [0.1, 0.15) is 5.56 Å². The lowest BCUT2D eigenvalue weighted by Crippen LogP contribution is -2.09. The van der Waals surface area contributed by atoms with Crippen LogP contribution in [-0.2, 0) is 7.05 Å². The summed E-state index contributed by atoms with van der Waals surface area (Å²) in [5, 5.41) is 4.82. The molecule has 0 aliphatic heterocycles. The summed E-state index contributed by atoms with van der Waals surface area (Å²) in [4.78, 5) is 11.9. The fraction of sp³-hybridized carbons (Fsp3) is 0.125. The third-order valence-electron chi connectivity index (χ3n) is 3.30. The second kappa shape index (κ2) is 4.35. The largest absolute Gasteiger partial charge is 0.287 e. The van der Waals surface area contributed by atoms with Gasteiger partial charge in [0.15, 0.2) is 0 Å². The molecule has 0 aliphatic carbocycles. The topological polar surface area (TPSA) is 34.9 Å². The van der Waals surface area contributed by atoms with E-state index >= 15 is 0 Å². The van der Waals surface area contributed by atoms with E-state index in [0.29, 0.717) is 5.39 Å². The Labute approximate surface area is 111 Å². The predicted molar refractivity (Wildman–Crippen MR) is 77.2 cm³/mol. The lowest BCUT2D eigenvalue weighted by atomic mass is 10.0. The summed E-state index contributed by atoms with van der Waals surface area (Å²) >= 11 is 0. The highest BCUT2D eigenvalue weighted by Crippen LogP contribution is 2.26. The molecule has 3 heteroatoms. The Bertz CT molecular complexity index is 818. The first-order chi connectivity index (χ1) is 9.16. The molecule has 0 radical (unpaired) electrons. The molecular formula is C16H14N2O. The van der Waals surface area contributed by atoms with Crippen molar-refractivity contribution in [2.45, 2.75) is 6.92 Å². The van der Waals surface area contributed by atoms with Crippen LogP contribution < -0.4 is 5.43 Å². The van der Waals surface area contributed by atoms with Crippen LogP contribution in [0.25, 0.3) is 22.0 Å². The zero-order valence-corrected chi connectivity index (χ0v) is 10.9. The van der Waals surface area contributed by atoms with Gasteiger partial charge in [-0.25, -0.2) is 0 Å². The molecule has 19 heavy (non-hydrogen) atoms. The van der Waals surface area contributed by atoms with E-state index < -0.39 is 0 Å². The Morgan fingerprint density at radius 2 is 1.89 bits per heavy atom. The van der Waals surface area contributed by atoms with Crippen LogP contribution in [-0.4, -0.2) is 9.78 Å². The molecular weight excluding hydrogens is 236 g/mol. The second-order valence-electron chi connectivity index (χ2n) is 4.70. The highest BCUT2D eigenvalue weighted by Gasteiger charge is 2.08. The minimum absolute atomic E-state index is 0.0393. The molecule has 0 saturated heterocycles. The third kappa shape index (κ3) is 1.93. The summed E-state index contributed by atoms with van der Waals surface area (Å²) in [7, 11) is 1.86. The van der Waals surface area contributed by atoms with Gasteiger partial charge in [0.1, 0.15) is 0 Å². The van der Waals surface area contributed by atoms with E-state index in [0.717, 1.165) is 16.6 Å².